The Labute approximate surface area is 79.2 Å². The summed E-state index contributed by atoms with van der Waals surface area (Å²) < 4.78 is 0. The first-order valence-corrected chi connectivity index (χ1v) is 4.96. The Bertz CT molecular complexity index is 329. The highest BCUT2D eigenvalue weighted by molar-refractivity contribution is 5.52. The first kappa shape index (κ1) is 8.54. The second-order valence-electron chi connectivity index (χ2n) is 4.07. The standard InChI is InChI=1S/C11H16N2/c1-7(2)11-6-9(12)8-4-3-5-10(8)13-11/h6-7H,3-5H2,1-2H3,(H2,12,13). The molecule has 2 rings (SSSR count). The highest BCUT2D eigenvalue weighted by atomic mass is 14.8. The number of hydrogen-bond donors (Lipinski definition) is 1. The lowest BCUT2D eigenvalue weighted by molar-refractivity contribution is 0.807. The second-order valence-corrected chi connectivity index (χ2v) is 4.07. The van der Waals surface area contributed by atoms with Gasteiger partial charge in [0.15, 0.2) is 0 Å². The fourth-order valence-corrected chi connectivity index (χ4v) is 1.89. The summed E-state index contributed by atoms with van der Waals surface area (Å²) in [5, 5.41) is 0. The van der Waals surface area contributed by atoms with Gasteiger partial charge in [-0.25, -0.2) is 0 Å². The molecular formula is C11H16N2. The topological polar surface area (TPSA) is 38.9 Å². The number of fused-ring (bicyclic) bond motifs is 1. The van der Waals surface area contributed by atoms with Crippen molar-refractivity contribution in [3.05, 3.63) is 23.0 Å². The van der Waals surface area contributed by atoms with Gasteiger partial charge < -0.3 is 5.73 Å². The molecule has 0 fully saturated rings. The molecule has 0 atom stereocenters. The van der Waals surface area contributed by atoms with Crippen LogP contribution in [-0.4, -0.2) is 4.98 Å². The molecule has 0 saturated carbocycles. The summed E-state index contributed by atoms with van der Waals surface area (Å²) in [5.74, 6) is 0.480. The molecule has 0 spiro atoms. The van der Waals surface area contributed by atoms with Crippen molar-refractivity contribution >= 4 is 5.69 Å². The van der Waals surface area contributed by atoms with Crippen molar-refractivity contribution in [3.8, 4) is 0 Å². The minimum absolute atomic E-state index is 0.480. The lowest BCUT2D eigenvalue weighted by Crippen LogP contribution is -2.01. The van der Waals surface area contributed by atoms with Crippen molar-refractivity contribution in [1.29, 1.82) is 0 Å². The zero-order valence-electron chi connectivity index (χ0n) is 8.30. The molecule has 13 heavy (non-hydrogen) atoms. The largest absolute Gasteiger partial charge is 0.398 e. The average molecular weight is 176 g/mol. The Morgan fingerprint density at radius 1 is 1.38 bits per heavy atom. The highest BCUT2D eigenvalue weighted by Crippen LogP contribution is 2.28. The van der Waals surface area contributed by atoms with Gasteiger partial charge in [0.05, 0.1) is 0 Å². The summed E-state index contributed by atoms with van der Waals surface area (Å²) in [6.45, 7) is 4.31. The fourth-order valence-electron chi connectivity index (χ4n) is 1.89. The third-order valence-corrected chi connectivity index (χ3v) is 2.70. The van der Waals surface area contributed by atoms with Gasteiger partial charge in [0, 0.05) is 17.1 Å². The molecule has 1 aliphatic rings. The molecule has 2 N–H and O–H groups in total. The summed E-state index contributed by atoms with van der Waals surface area (Å²) in [5.41, 5.74) is 10.6. The van der Waals surface area contributed by atoms with E-state index in [0.29, 0.717) is 5.92 Å². The summed E-state index contributed by atoms with van der Waals surface area (Å²) >= 11 is 0. The number of nitrogens with zero attached hydrogens (tertiary/aromatic N) is 1. The van der Waals surface area contributed by atoms with Gasteiger partial charge in [-0.3, -0.25) is 4.98 Å². The molecule has 1 aromatic rings. The van der Waals surface area contributed by atoms with Crippen LogP contribution >= 0.6 is 0 Å². The predicted molar refractivity (Wildman–Crippen MR) is 54.8 cm³/mol. The zero-order valence-corrected chi connectivity index (χ0v) is 8.30. The number of aromatic nitrogens is 1. The Morgan fingerprint density at radius 3 is 2.85 bits per heavy atom. The maximum absolute atomic E-state index is 5.97. The maximum atomic E-state index is 5.97. The van der Waals surface area contributed by atoms with Crippen LogP contribution in [0, 0.1) is 0 Å². The van der Waals surface area contributed by atoms with Crippen molar-refractivity contribution in [2.75, 3.05) is 5.73 Å². The Hall–Kier alpha value is -1.05. The van der Waals surface area contributed by atoms with E-state index >= 15 is 0 Å². The Balaban J connectivity index is 2.49. The number of pyridine rings is 1. The molecule has 0 bridgehead atoms. The molecule has 0 aliphatic heterocycles. The molecule has 2 nitrogen and oxygen atoms in total. The quantitative estimate of drug-likeness (QED) is 0.713. The lowest BCUT2D eigenvalue weighted by atomic mass is 10.1. The van der Waals surface area contributed by atoms with Crippen LogP contribution in [-0.2, 0) is 12.8 Å². The van der Waals surface area contributed by atoms with Gasteiger partial charge in [0.1, 0.15) is 0 Å². The molecule has 1 aromatic heterocycles. The van der Waals surface area contributed by atoms with Gasteiger partial charge in [0.2, 0.25) is 0 Å². The summed E-state index contributed by atoms with van der Waals surface area (Å²) in [4.78, 5) is 4.63. The van der Waals surface area contributed by atoms with E-state index in [4.69, 9.17) is 5.73 Å². The van der Waals surface area contributed by atoms with Crippen LogP contribution in [0.1, 0.15) is 43.1 Å². The number of anilines is 1. The van der Waals surface area contributed by atoms with Crippen LogP contribution in [0.3, 0.4) is 0 Å². The Morgan fingerprint density at radius 2 is 2.15 bits per heavy atom. The molecule has 1 heterocycles. The maximum Gasteiger partial charge on any atom is 0.0459 e. The van der Waals surface area contributed by atoms with E-state index in [1.54, 1.807) is 0 Å². The minimum atomic E-state index is 0.480. The molecule has 2 heteroatoms. The van der Waals surface area contributed by atoms with E-state index in [9.17, 15) is 0 Å². The van der Waals surface area contributed by atoms with Crippen molar-refractivity contribution in [3.63, 3.8) is 0 Å². The third kappa shape index (κ3) is 1.41. The molecule has 0 aromatic carbocycles. The SMILES string of the molecule is CC(C)c1cc(N)c2c(n1)CCC2. The molecule has 0 amide bonds. The van der Waals surface area contributed by atoms with Crippen LogP contribution in [0.4, 0.5) is 5.69 Å². The third-order valence-electron chi connectivity index (χ3n) is 2.70. The van der Waals surface area contributed by atoms with E-state index in [1.165, 1.54) is 17.7 Å². The zero-order chi connectivity index (χ0) is 9.42. The van der Waals surface area contributed by atoms with Crippen LogP contribution in [0.15, 0.2) is 6.07 Å². The van der Waals surface area contributed by atoms with Gasteiger partial charge in [-0.15, -0.1) is 0 Å². The van der Waals surface area contributed by atoms with Gasteiger partial charge in [0.25, 0.3) is 0 Å². The summed E-state index contributed by atoms with van der Waals surface area (Å²) in [6, 6.07) is 2.04. The number of nitrogens with two attached hydrogens (primary N) is 1. The first-order chi connectivity index (χ1) is 6.18. The van der Waals surface area contributed by atoms with Crippen LogP contribution in [0.25, 0.3) is 0 Å². The van der Waals surface area contributed by atoms with E-state index in [2.05, 4.69) is 18.8 Å². The predicted octanol–water partition coefficient (Wildman–Crippen LogP) is 2.28. The normalized spacial score (nSPS) is 15.0. The molecule has 0 unspecified atom stereocenters. The first-order valence-electron chi connectivity index (χ1n) is 4.96. The molecule has 0 radical (unpaired) electrons. The van der Waals surface area contributed by atoms with Crippen LogP contribution < -0.4 is 5.73 Å². The number of hydrogen-bond acceptors (Lipinski definition) is 2. The summed E-state index contributed by atoms with van der Waals surface area (Å²) in [7, 11) is 0. The molecule has 0 saturated heterocycles. The van der Waals surface area contributed by atoms with Crippen molar-refractivity contribution in [2.24, 2.45) is 0 Å². The number of nitrogen functional groups attached to an aromatic ring is 1. The lowest BCUT2D eigenvalue weighted by Gasteiger charge is -2.09. The number of rotatable bonds is 1. The highest BCUT2D eigenvalue weighted by Gasteiger charge is 2.16. The van der Waals surface area contributed by atoms with E-state index < -0.39 is 0 Å². The van der Waals surface area contributed by atoms with Crippen molar-refractivity contribution in [2.45, 2.75) is 39.0 Å². The monoisotopic (exact) mass is 176 g/mol. The fraction of sp³-hybridized carbons (Fsp3) is 0.545. The Kier molecular flexibility index (Phi) is 1.98. The van der Waals surface area contributed by atoms with Gasteiger partial charge in [-0.1, -0.05) is 13.8 Å². The van der Waals surface area contributed by atoms with Crippen LogP contribution in [0.5, 0.6) is 0 Å². The smallest absolute Gasteiger partial charge is 0.0459 e. The van der Waals surface area contributed by atoms with Gasteiger partial charge in [-0.05, 0) is 36.8 Å². The second kappa shape index (κ2) is 3.02. The molecule has 70 valence electrons. The minimum Gasteiger partial charge on any atom is -0.398 e. The van der Waals surface area contributed by atoms with E-state index in [-0.39, 0.29) is 0 Å². The number of aryl methyl sites for hydroxylation is 1. The van der Waals surface area contributed by atoms with Crippen LogP contribution in [0.2, 0.25) is 0 Å². The van der Waals surface area contributed by atoms with Crippen molar-refractivity contribution in [1.82, 2.24) is 4.98 Å². The van der Waals surface area contributed by atoms with Gasteiger partial charge >= 0.3 is 0 Å². The molecular weight excluding hydrogens is 160 g/mol. The average Bonchev–Trinajstić information content (AvgIpc) is 2.51. The molecule has 1 aliphatic carbocycles. The van der Waals surface area contributed by atoms with Gasteiger partial charge in [-0.2, -0.15) is 0 Å². The summed E-state index contributed by atoms with van der Waals surface area (Å²) in [6.07, 6.45) is 3.45. The van der Waals surface area contributed by atoms with E-state index in [1.807, 2.05) is 6.07 Å². The van der Waals surface area contributed by atoms with E-state index in [0.717, 1.165) is 24.2 Å². The van der Waals surface area contributed by atoms with Crippen molar-refractivity contribution < 1.29 is 0 Å².